The van der Waals surface area contributed by atoms with Crippen LogP contribution in [0.2, 0.25) is 0 Å². The van der Waals surface area contributed by atoms with E-state index >= 15 is 0 Å². The first kappa shape index (κ1) is 17.8. The molecule has 1 aliphatic rings. The van der Waals surface area contributed by atoms with Crippen molar-refractivity contribution in [3.63, 3.8) is 0 Å². The van der Waals surface area contributed by atoms with Crippen molar-refractivity contribution in [3.05, 3.63) is 23.5 Å². The molecule has 7 heteroatoms. The zero-order chi connectivity index (χ0) is 18.0. The molecule has 0 bridgehead atoms. The van der Waals surface area contributed by atoms with Crippen LogP contribution in [0.25, 0.3) is 11.0 Å². The summed E-state index contributed by atoms with van der Waals surface area (Å²) >= 11 is 0. The summed E-state index contributed by atoms with van der Waals surface area (Å²) < 4.78 is 7.26. The first-order valence-corrected chi connectivity index (χ1v) is 8.97. The summed E-state index contributed by atoms with van der Waals surface area (Å²) in [6.45, 7) is 9.33. The fourth-order valence-corrected chi connectivity index (χ4v) is 3.27. The van der Waals surface area contributed by atoms with Crippen LogP contribution in [-0.2, 0) is 4.74 Å². The molecule has 0 spiro atoms. The van der Waals surface area contributed by atoms with Gasteiger partial charge in [0.05, 0.1) is 30.1 Å². The van der Waals surface area contributed by atoms with Gasteiger partial charge in [-0.05, 0) is 33.3 Å². The lowest BCUT2D eigenvalue weighted by Gasteiger charge is -2.24. The second-order valence-corrected chi connectivity index (χ2v) is 6.78. The molecule has 0 aliphatic carbocycles. The van der Waals surface area contributed by atoms with Crippen LogP contribution >= 0.6 is 0 Å². The Kier molecular flexibility index (Phi) is 5.34. The van der Waals surface area contributed by atoms with Gasteiger partial charge in [-0.25, -0.2) is 9.67 Å². The quantitative estimate of drug-likeness (QED) is 0.862. The van der Waals surface area contributed by atoms with Crippen molar-refractivity contribution in [1.29, 1.82) is 0 Å². The fraction of sp³-hybridized carbons (Fsp3) is 0.611. The number of carbonyl (C=O) groups excluding carboxylic acids is 1. The second-order valence-electron chi connectivity index (χ2n) is 6.78. The maximum absolute atomic E-state index is 13.0. The van der Waals surface area contributed by atoms with Crippen LogP contribution in [0.4, 0.5) is 0 Å². The van der Waals surface area contributed by atoms with Gasteiger partial charge in [0.2, 0.25) is 0 Å². The summed E-state index contributed by atoms with van der Waals surface area (Å²) in [6.07, 6.45) is 2.77. The minimum Gasteiger partial charge on any atom is -0.381 e. The highest BCUT2D eigenvalue weighted by Gasteiger charge is 2.24. The van der Waals surface area contributed by atoms with Gasteiger partial charge < -0.3 is 15.4 Å². The van der Waals surface area contributed by atoms with Crippen molar-refractivity contribution in [2.24, 2.45) is 11.7 Å². The zero-order valence-electron chi connectivity index (χ0n) is 15.2. The van der Waals surface area contributed by atoms with E-state index in [1.165, 1.54) is 0 Å². The molecule has 0 radical (unpaired) electrons. The van der Waals surface area contributed by atoms with Gasteiger partial charge in [-0.1, -0.05) is 0 Å². The van der Waals surface area contributed by atoms with Gasteiger partial charge >= 0.3 is 0 Å². The minimum absolute atomic E-state index is 0.0286. The second kappa shape index (κ2) is 7.49. The first-order valence-electron chi connectivity index (χ1n) is 8.97. The van der Waals surface area contributed by atoms with Crippen molar-refractivity contribution < 1.29 is 9.53 Å². The van der Waals surface area contributed by atoms with E-state index < -0.39 is 0 Å². The Bertz CT molecular complexity index is 751. The van der Waals surface area contributed by atoms with E-state index in [-0.39, 0.29) is 11.9 Å². The van der Waals surface area contributed by atoms with Gasteiger partial charge in [0, 0.05) is 37.5 Å². The summed E-state index contributed by atoms with van der Waals surface area (Å²) in [5.41, 5.74) is 7.90. The van der Waals surface area contributed by atoms with Crippen LogP contribution in [-0.4, -0.2) is 58.4 Å². The predicted molar refractivity (Wildman–Crippen MR) is 96.5 cm³/mol. The number of hydrogen-bond donors (Lipinski definition) is 1. The molecule has 2 unspecified atom stereocenters. The smallest absolute Gasteiger partial charge is 0.255 e. The maximum atomic E-state index is 13.0. The molecule has 2 aromatic heterocycles. The number of ether oxygens (including phenoxy) is 1. The lowest BCUT2D eigenvalue weighted by molar-refractivity contribution is 0.0730. The third kappa shape index (κ3) is 3.52. The van der Waals surface area contributed by atoms with Gasteiger partial charge in [-0.3, -0.25) is 4.79 Å². The van der Waals surface area contributed by atoms with Crippen LogP contribution in [0.1, 0.15) is 42.4 Å². The molecule has 1 saturated heterocycles. The molecular formula is C18H27N5O2. The zero-order valence-corrected chi connectivity index (χ0v) is 15.2. The van der Waals surface area contributed by atoms with E-state index in [0.717, 1.165) is 42.9 Å². The molecule has 3 heterocycles. The van der Waals surface area contributed by atoms with E-state index in [2.05, 4.69) is 10.1 Å². The number of rotatable bonds is 6. The van der Waals surface area contributed by atoms with E-state index in [9.17, 15) is 4.79 Å². The van der Waals surface area contributed by atoms with Crippen LogP contribution in [0, 0.1) is 12.8 Å². The third-order valence-electron chi connectivity index (χ3n) is 4.92. The van der Waals surface area contributed by atoms with Gasteiger partial charge in [-0.2, -0.15) is 5.10 Å². The molecule has 3 rings (SSSR count). The predicted octanol–water partition coefficient (Wildman–Crippen LogP) is 1.76. The van der Waals surface area contributed by atoms with Crippen LogP contribution < -0.4 is 5.73 Å². The average Bonchev–Trinajstić information content (AvgIpc) is 3.27. The lowest BCUT2D eigenvalue weighted by Crippen LogP contribution is -2.36. The summed E-state index contributed by atoms with van der Waals surface area (Å²) in [4.78, 5) is 19.6. The largest absolute Gasteiger partial charge is 0.381 e. The monoisotopic (exact) mass is 345 g/mol. The number of aromatic nitrogens is 3. The Hall–Kier alpha value is -1.99. The fourth-order valence-electron chi connectivity index (χ4n) is 3.27. The first-order chi connectivity index (χ1) is 12.0. The Morgan fingerprint density at radius 1 is 1.56 bits per heavy atom. The van der Waals surface area contributed by atoms with Crippen molar-refractivity contribution in [3.8, 4) is 0 Å². The number of nitrogens with two attached hydrogens (primary N) is 1. The van der Waals surface area contributed by atoms with Crippen molar-refractivity contribution in [1.82, 2.24) is 19.7 Å². The number of carbonyl (C=O) groups is 1. The lowest BCUT2D eigenvalue weighted by atomic mass is 10.1. The Morgan fingerprint density at radius 2 is 2.36 bits per heavy atom. The molecular weight excluding hydrogens is 318 g/mol. The summed E-state index contributed by atoms with van der Waals surface area (Å²) in [5, 5.41) is 5.26. The number of aryl methyl sites for hydroxylation is 1. The highest BCUT2D eigenvalue weighted by atomic mass is 16.5. The molecule has 0 aromatic carbocycles. The molecule has 1 amide bonds. The topological polar surface area (TPSA) is 86.3 Å². The number of pyridine rings is 1. The van der Waals surface area contributed by atoms with Gasteiger partial charge in [0.25, 0.3) is 5.91 Å². The molecule has 2 N–H and O–H groups in total. The number of amides is 1. The molecule has 136 valence electrons. The SMILES string of the molecule is CCN(CC1CCOC1)C(=O)c1cc2cnn(C(C)CN)c2nc1C. The Balaban J connectivity index is 1.88. The standard InChI is InChI=1S/C18H27N5O2/c1-4-22(10-14-5-6-25-11-14)18(24)16-7-15-9-20-23(12(2)8-19)17(15)21-13(16)3/h7,9,12,14H,4-6,8,10-11,19H2,1-3H3. The van der Waals surface area contributed by atoms with Crippen molar-refractivity contribution in [2.45, 2.75) is 33.2 Å². The molecule has 1 aliphatic heterocycles. The molecule has 25 heavy (non-hydrogen) atoms. The van der Waals surface area contributed by atoms with Gasteiger partial charge in [0.1, 0.15) is 0 Å². The Labute approximate surface area is 148 Å². The molecule has 1 fully saturated rings. The van der Waals surface area contributed by atoms with E-state index in [4.69, 9.17) is 10.5 Å². The van der Waals surface area contributed by atoms with Crippen LogP contribution in [0.15, 0.2) is 12.3 Å². The molecule has 7 nitrogen and oxygen atoms in total. The van der Waals surface area contributed by atoms with Crippen molar-refractivity contribution in [2.75, 3.05) is 32.8 Å². The maximum Gasteiger partial charge on any atom is 0.255 e. The van der Waals surface area contributed by atoms with E-state index in [0.29, 0.717) is 24.6 Å². The molecule has 2 aromatic rings. The third-order valence-corrected chi connectivity index (χ3v) is 4.92. The summed E-state index contributed by atoms with van der Waals surface area (Å²) in [6, 6.07) is 1.97. The van der Waals surface area contributed by atoms with Gasteiger partial charge in [0.15, 0.2) is 5.65 Å². The Morgan fingerprint density at radius 3 is 3.00 bits per heavy atom. The number of fused-ring (bicyclic) bond motifs is 1. The van der Waals surface area contributed by atoms with Crippen molar-refractivity contribution >= 4 is 16.9 Å². The highest BCUT2D eigenvalue weighted by Crippen LogP contribution is 2.21. The van der Waals surface area contributed by atoms with Crippen LogP contribution in [0.3, 0.4) is 0 Å². The van der Waals surface area contributed by atoms with Crippen LogP contribution in [0.5, 0.6) is 0 Å². The van der Waals surface area contributed by atoms with Gasteiger partial charge in [-0.15, -0.1) is 0 Å². The molecule has 2 atom stereocenters. The average molecular weight is 345 g/mol. The van der Waals surface area contributed by atoms with E-state index in [1.807, 2.05) is 36.4 Å². The van der Waals surface area contributed by atoms with E-state index in [1.54, 1.807) is 6.20 Å². The molecule has 0 saturated carbocycles. The number of hydrogen-bond acceptors (Lipinski definition) is 5. The summed E-state index contributed by atoms with van der Waals surface area (Å²) in [5.74, 6) is 0.454. The number of nitrogens with zero attached hydrogens (tertiary/aromatic N) is 4. The minimum atomic E-state index is 0.0286. The summed E-state index contributed by atoms with van der Waals surface area (Å²) in [7, 11) is 0. The highest BCUT2D eigenvalue weighted by molar-refractivity contribution is 5.98. The normalized spacial score (nSPS) is 18.6.